The molecule has 26 heavy (non-hydrogen) atoms. The van der Waals surface area contributed by atoms with Crippen LogP contribution in [0.1, 0.15) is 35.7 Å². The Morgan fingerprint density at radius 2 is 1.92 bits per heavy atom. The number of carboxylic acids is 2. The predicted octanol–water partition coefficient (Wildman–Crippen LogP) is 2.36. The fourth-order valence-electron chi connectivity index (χ4n) is 3.42. The molecular formula is C19H20N2O5. The number of carboxylic acid groups (broad SMARTS) is 2. The van der Waals surface area contributed by atoms with Crippen molar-refractivity contribution in [3.63, 3.8) is 0 Å². The van der Waals surface area contributed by atoms with Gasteiger partial charge in [0.2, 0.25) is 0 Å². The SMILES string of the molecule is CCc1cc(C(=O)O)c(=O)[nH]c1-c1ccc(N2CCC[C@H]2C(=O)O)cc1. The van der Waals surface area contributed by atoms with E-state index < -0.39 is 23.5 Å². The summed E-state index contributed by atoms with van der Waals surface area (Å²) in [6.45, 7) is 2.58. The van der Waals surface area contributed by atoms with Crippen LogP contribution in [0.15, 0.2) is 35.1 Å². The van der Waals surface area contributed by atoms with Gasteiger partial charge in [0.25, 0.3) is 5.56 Å². The molecule has 0 bridgehead atoms. The first kappa shape index (κ1) is 17.7. The minimum atomic E-state index is -1.25. The zero-order valence-electron chi connectivity index (χ0n) is 14.4. The van der Waals surface area contributed by atoms with Crippen molar-refractivity contribution in [3.8, 4) is 11.3 Å². The Morgan fingerprint density at radius 3 is 2.50 bits per heavy atom. The second-order valence-corrected chi connectivity index (χ2v) is 6.31. The first-order valence-corrected chi connectivity index (χ1v) is 8.51. The van der Waals surface area contributed by atoms with Gasteiger partial charge in [0.15, 0.2) is 0 Å². The Morgan fingerprint density at radius 1 is 1.23 bits per heavy atom. The summed E-state index contributed by atoms with van der Waals surface area (Å²) in [7, 11) is 0. The number of aliphatic carboxylic acids is 1. The number of nitrogens with one attached hydrogen (secondary N) is 1. The van der Waals surface area contributed by atoms with Crippen LogP contribution in [0.25, 0.3) is 11.3 Å². The molecule has 0 unspecified atom stereocenters. The molecule has 1 fully saturated rings. The number of hydrogen-bond acceptors (Lipinski definition) is 4. The Labute approximate surface area is 149 Å². The maximum atomic E-state index is 12.0. The molecule has 1 aromatic heterocycles. The number of aryl methyl sites for hydroxylation is 1. The average Bonchev–Trinajstić information content (AvgIpc) is 3.11. The fourth-order valence-corrected chi connectivity index (χ4v) is 3.42. The third-order valence-corrected chi connectivity index (χ3v) is 4.76. The van der Waals surface area contributed by atoms with Crippen LogP contribution in [0.2, 0.25) is 0 Å². The van der Waals surface area contributed by atoms with Crippen LogP contribution in [-0.4, -0.2) is 39.7 Å². The predicted molar refractivity (Wildman–Crippen MR) is 96.8 cm³/mol. The number of aromatic carboxylic acids is 1. The third kappa shape index (κ3) is 3.20. The molecule has 136 valence electrons. The zero-order chi connectivity index (χ0) is 18.8. The number of anilines is 1. The van der Waals surface area contributed by atoms with Crippen LogP contribution in [0.5, 0.6) is 0 Å². The minimum Gasteiger partial charge on any atom is -0.480 e. The number of aromatic amines is 1. The zero-order valence-corrected chi connectivity index (χ0v) is 14.4. The summed E-state index contributed by atoms with van der Waals surface area (Å²) >= 11 is 0. The van der Waals surface area contributed by atoms with Gasteiger partial charge in [-0.15, -0.1) is 0 Å². The van der Waals surface area contributed by atoms with Crippen LogP contribution >= 0.6 is 0 Å². The van der Waals surface area contributed by atoms with Gasteiger partial charge in [-0.25, -0.2) is 9.59 Å². The summed E-state index contributed by atoms with van der Waals surface area (Å²) in [5.41, 5.74) is 1.99. The number of pyridine rings is 1. The molecule has 0 radical (unpaired) electrons. The molecule has 1 atom stereocenters. The molecule has 1 saturated heterocycles. The van der Waals surface area contributed by atoms with Gasteiger partial charge < -0.3 is 20.1 Å². The standard InChI is InChI=1S/C19H20N2O5/c1-2-11-10-14(18(23)24)17(22)20-16(11)12-5-7-13(8-6-12)21-9-3-4-15(21)19(25)26/h5-8,10,15H,2-4,9H2,1H3,(H,20,22)(H,23,24)(H,25,26)/t15-/m0/s1. The van der Waals surface area contributed by atoms with E-state index in [0.717, 1.165) is 23.2 Å². The molecule has 0 spiro atoms. The normalized spacial score (nSPS) is 16.7. The van der Waals surface area contributed by atoms with E-state index in [4.69, 9.17) is 5.11 Å². The quantitative estimate of drug-likeness (QED) is 0.758. The minimum absolute atomic E-state index is 0.274. The molecular weight excluding hydrogens is 336 g/mol. The fraction of sp³-hybridized carbons (Fsp3) is 0.316. The van der Waals surface area contributed by atoms with Crippen LogP contribution in [-0.2, 0) is 11.2 Å². The van der Waals surface area contributed by atoms with Crippen molar-refractivity contribution >= 4 is 17.6 Å². The molecule has 0 saturated carbocycles. The highest BCUT2D eigenvalue weighted by molar-refractivity contribution is 5.88. The topological polar surface area (TPSA) is 111 Å². The molecule has 1 aliphatic rings. The number of carbonyl (C=O) groups is 2. The Balaban J connectivity index is 1.96. The monoisotopic (exact) mass is 356 g/mol. The van der Waals surface area contributed by atoms with Crippen LogP contribution in [0.4, 0.5) is 5.69 Å². The molecule has 3 N–H and O–H groups in total. The van der Waals surface area contributed by atoms with E-state index in [1.54, 1.807) is 0 Å². The van der Waals surface area contributed by atoms with Gasteiger partial charge in [0, 0.05) is 12.2 Å². The summed E-state index contributed by atoms with van der Waals surface area (Å²) < 4.78 is 0. The van der Waals surface area contributed by atoms with Crippen molar-refractivity contribution in [2.45, 2.75) is 32.2 Å². The Hall–Kier alpha value is -3.09. The van der Waals surface area contributed by atoms with Crippen LogP contribution in [0.3, 0.4) is 0 Å². The number of hydrogen-bond donors (Lipinski definition) is 3. The lowest BCUT2D eigenvalue weighted by Crippen LogP contribution is -2.35. The van der Waals surface area contributed by atoms with E-state index in [0.29, 0.717) is 25.1 Å². The molecule has 7 heteroatoms. The number of rotatable bonds is 5. The second kappa shape index (κ2) is 7.03. The van der Waals surface area contributed by atoms with Crippen molar-refractivity contribution in [2.24, 2.45) is 0 Å². The lowest BCUT2D eigenvalue weighted by Gasteiger charge is -2.24. The lowest BCUT2D eigenvalue weighted by atomic mass is 10.0. The molecule has 0 aliphatic carbocycles. The highest BCUT2D eigenvalue weighted by Crippen LogP contribution is 2.29. The van der Waals surface area contributed by atoms with Crippen molar-refractivity contribution in [1.82, 2.24) is 4.98 Å². The lowest BCUT2D eigenvalue weighted by molar-refractivity contribution is -0.138. The van der Waals surface area contributed by atoms with Crippen LogP contribution < -0.4 is 10.5 Å². The smallest absolute Gasteiger partial charge is 0.341 e. The highest BCUT2D eigenvalue weighted by Gasteiger charge is 2.30. The maximum Gasteiger partial charge on any atom is 0.341 e. The van der Waals surface area contributed by atoms with Crippen molar-refractivity contribution < 1.29 is 19.8 Å². The van der Waals surface area contributed by atoms with E-state index in [1.807, 2.05) is 36.1 Å². The molecule has 1 aliphatic heterocycles. The molecule has 2 heterocycles. The average molecular weight is 356 g/mol. The van der Waals surface area contributed by atoms with Gasteiger partial charge in [-0.1, -0.05) is 19.1 Å². The van der Waals surface area contributed by atoms with Gasteiger partial charge in [0.1, 0.15) is 11.6 Å². The first-order chi connectivity index (χ1) is 12.4. The number of H-pyrrole nitrogens is 1. The Bertz CT molecular complexity index is 901. The summed E-state index contributed by atoms with van der Waals surface area (Å²) in [4.78, 5) is 39.0. The molecule has 7 nitrogen and oxygen atoms in total. The summed E-state index contributed by atoms with van der Waals surface area (Å²) in [5.74, 6) is -2.08. The molecule has 0 amide bonds. The van der Waals surface area contributed by atoms with Gasteiger partial charge >= 0.3 is 11.9 Å². The molecule has 3 rings (SSSR count). The highest BCUT2D eigenvalue weighted by atomic mass is 16.4. The Kier molecular flexibility index (Phi) is 4.79. The van der Waals surface area contributed by atoms with Gasteiger partial charge in [-0.2, -0.15) is 0 Å². The van der Waals surface area contributed by atoms with E-state index in [-0.39, 0.29) is 5.56 Å². The van der Waals surface area contributed by atoms with Gasteiger partial charge in [-0.05, 0) is 48.6 Å². The largest absolute Gasteiger partial charge is 0.480 e. The number of aromatic nitrogens is 1. The van der Waals surface area contributed by atoms with Crippen molar-refractivity contribution in [3.05, 3.63) is 51.8 Å². The maximum absolute atomic E-state index is 12.0. The molecule has 1 aromatic carbocycles. The first-order valence-electron chi connectivity index (χ1n) is 8.51. The van der Waals surface area contributed by atoms with Gasteiger partial charge in [-0.3, -0.25) is 4.79 Å². The second-order valence-electron chi connectivity index (χ2n) is 6.31. The van der Waals surface area contributed by atoms with E-state index >= 15 is 0 Å². The van der Waals surface area contributed by atoms with Crippen LogP contribution in [0, 0.1) is 0 Å². The van der Waals surface area contributed by atoms with E-state index in [1.165, 1.54) is 6.07 Å². The summed E-state index contributed by atoms with van der Waals surface area (Å²) in [6, 6.07) is 8.20. The van der Waals surface area contributed by atoms with Gasteiger partial charge in [0.05, 0.1) is 5.69 Å². The third-order valence-electron chi connectivity index (χ3n) is 4.76. The number of nitrogens with zero attached hydrogens (tertiary/aromatic N) is 1. The van der Waals surface area contributed by atoms with Crippen molar-refractivity contribution in [1.29, 1.82) is 0 Å². The summed E-state index contributed by atoms with van der Waals surface area (Å²) in [5, 5.41) is 18.4. The number of benzene rings is 1. The van der Waals surface area contributed by atoms with Crippen molar-refractivity contribution in [2.75, 3.05) is 11.4 Å². The molecule has 2 aromatic rings. The summed E-state index contributed by atoms with van der Waals surface area (Å²) in [6.07, 6.45) is 2.03. The van der Waals surface area contributed by atoms with E-state index in [2.05, 4.69) is 4.98 Å². The van der Waals surface area contributed by atoms with E-state index in [9.17, 15) is 19.5 Å².